The molecule has 2 heterocycles. The average Bonchev–Trinajstić information content (AvgIpc) is 3.06. The van der Waals surface area contributed by atoms with Gasteiger partial charge in [-0.2, -0.15) is 0 Å². The first-order chi connectivity index (χ1) is 9.72. The second kappa shape index (κ2) is 5.78. The van der Waals surface area contributed by atoms with Crippen molar-refractivity contribution in [2.75, 3.05) is 0 Å². The van der Waals surface area contributed by atoms with Crippen molar-refractivity contribution in [1.82, 2.24) is 20.4 Å². The van der Waals surface area contributed by atoms with Gasteiger partial charge in [0.05, 0.1) is 4.34 Å². The van der Waals surface area contributed by atoms with Gasteiger partial charge in [-0.05, 0) is 46.8 Å². The average molecular weight is 327 g/mol. The van der Waals surface area contributed by atoms with Crippen molar-refractivity contribution in [3.63, 3.8) is 0 Å². The Balaban J connectivity index is 1.78. The lowest BCUT2D eigenvalue weighted by Gasteiger charge is -2.05. The lowest BCUT2D eigenvalue weighted by molar-refractivity contribution is 0.0711. The first kappa shape index (κ1) is 13.4. The molecule has 1 aromatic carbocycles. The van der Waals surface area contributed by atoms with Crippen molar-refractivity contribution < 1.29 is 4.84 Å². The van der Waals surface area contributed by atoms with Crippen molar-refractivity contribution in [2.24, 2.45) is 0 Å². The quantitative estimate of drug-likeness (QED) is 0.737. The Morgan fingerprint density at radius 3 is 2.60 bits per heavy atom. The van der Waals surface area contributed by atoms with Crippen LogP contribution in [0.15, 0.2) is 36.4 Å². The van der Waals surface area contributed by atoms with Crippen LogP contribution in [0.4, 0.5) is 0 Å². The summed E-state index contributed by atoms with van der Waals surface area (Å²) in [4.78, 5) is 7.84. The molecule has 0 atom stereocenters. The SMILES string of the molecule is Clc1ccc(-c2nnnn2OCc2ccc(Cl)s2)cc1. The maximum absolute atomic E-state index is 5.87. The molecule has 0 spiro atoms. The van der Waals surface area contributed by atoms with E-state index in [1.54, 1.807) is 12.1 Å². The number of hydrogen-bond acceptors (Lipinski definition) is 5. The van der Waals surface area contributed by atoms with Crippen LogP contribution >= 0.6 is 34.5 Å². The number of thiophene rings is 1. The van der Waals surface area contributed by atoms with Gasteiger partial charge >= 0.3 is 0 Å². The summed E-state index contributed by atoms with van der Waals surface area (Å²) >= 11 is 13.2. The maximum Gasteiger partial charge on any atom is 0.222 e. The van der Waals surface area contributed by atoms with Gasteiger partial charge in [0.1, 0.15) is 0 Å². The Bertz CT molecular complexity index is 710. The molecule has 0 saturated carbocycles. The number of aromatic nitrogens is 4. The molecular formula is C12H8Cl2N4OS. The minimum atomic E-state index is 0.350. The number of nitrogens with zero attached hydrogens (tertiary/aromatic N) is 4. The number of tetrazole rings is 1. The van der Waals surface area contributed by atoms with E-state index < -0.39 is 0 Å². The van der Waals surface area contributed by atoms with Crippen LogP contribution < -0.4 is 4.84 Å². The summed E-state index contributed by atoms with van der Waals surface area (Å²) in [5, 5.41) is 12.0. The predicted molar refractivity (Wildman–Crippen MR) is 77.9 cm³/mol. The maximum atomic E-state index is 5.87. The first-order valence-electron chi connectivity index (χ1n) is 5.64. The summed E-state index contributed by atoms with van der Waals surface area (Å²) in [6.07, 6.45) is 0. The van der Waals surface area contributed by atoms with E-state index in [1.165, 1.54) is 16.2 Å². The number of rotatable bonds is 4. The van der Waals surface area contributed by atoms with Gasteiger partial charge in [-0.25, -0.2) is 0 Å². The topological polar surface area (TPSA) is 52.8 Å². The molecule has 2 aromatic heterocycles. The van der Waals surface area contributed by atoms with Gasteiger partial charge in [0, 0.05) is 15.5 Å². The summed E-state index contributed by atoms with van der Waals surface area (Å²) in [5.74, 6) is 0.518. The molecule has 0 aliphatic rings. The molecule has 0 unspecified atom stereocenters. The van der Waals surface area contributed by atoms with Gasteiger partial charge in [0.25, 0.3) is 0 Å². The van der Waals surface area contributed by atoms with Crippen LogP contribution in [0.25, 0.3) is 11.4 Å². The van der Waals surface area contributed by atoms with Crippen LogP contribution in [0, 0.1) is 0 Å². The molecule has 8 heteroatoms. The van der Waals surface area contributed by atoms with Crippen LogP contribution in [-0.4, -0.2) is 20.4 Å². The Morgan fingerprint density at radius 2 is 1.90 bits per heavy atom. The van der Waals surface area contributed by atoms with Crippen LogP contribution in [-0.2, 0) is 6.61 Å². The van der Waals surface area contributed by atoms with Crippen LogP contribution in [0.3, 0.4) is 0 Å². The molecule has 0 aliphatic heterocycles. The third kappa shape index (κ3) is 2.92. The number of benzene rings is 1. The fourth-order valence-electron chi connectivity index (χ4n) is 1.59. The fourth-order valence-corrected chi connectivity index (χ4v) is 2.71. The smallest absolute Gasteiger partial charge is 0.222 e. The largest absolute Gasteiger partial charge is 0.388 e. The van der Waals surface area contributed by atoms with Gasteiger partial charge in [0.15, 0.2) is 6.61 Å². The minimum Gasteiger partial charge on any atom is -0.388 e. The molecule has 0 amide bonds. The molecule has 5 nitrogen and oxygen atoms in total. The van der Waals surface area contributed by atoms with Crippen molar-refractivity contribution in [1.29, 1.82) is 0 Å². The van der Waals surface area contributed by atoms with Gasteiger partial charge in [-0.15, -0.1) is 16.4 Å². The Morgan fingerprint density at radius 1 is 1.10 bits per heavy atom. The normalized spacial score (nSPS) is 10.7. The molecule has 20 heavy (non-hydrogen) atoms. The molecule has 0 fully saturated rings. The second-order valence-electron chi connectivity index (χ2n) is 3.86. The van der Waals surface area contributed by atoms with Crippen LogP contribution in [0.1, 0.15) is 4.88 Å². The molecule has 0 N–H and O–H groups in total. The van der Waals surface area contributed by atoms with Gasteiger partial charge < -0.3 is 4.84 Å². The molecule has 0 aliphatic carbocycles. The molecule has 3 rings (SSSR count). The van der Waals surface area contributed by atoms with Crippen molar-refractivity contribution in [3.05, 3.63) is 50.6 Å². The summed E-state index contributed by atoms with van der Waals surface area (Å²) < 4.78 is 0.721. The molecular weight excluding hydrogens is 319 g/mol. The summed E-state index contributed by atoms with van der Waals surface area (Å²) in [5.41, 5.74) is 0.823. The summed E-state index contributed by atoms with van der Waals surface area (Å²) in [7, 11) is 0. The first-order valence-corrected chi connectivity index (χ1v) is 7.21. The van der Waals surface area contributed by atoms with Crippen LogP contribution in [0.5, 0.6) is 0 Å². The van der Waals surface area contributed by atoms with E-state index in [2.05, 4.69) is 15.5 Å². The highest BCUT2D eigenvalue weighted by Gasteiger charge is 2.10. The van der Waals surface area contributed by atoms with Gasteiger partial charge in [0.2, 0.25) is 5.82 Å². The monoisotopic (exact) mass is 326 g/mol. The second-order valence-corrected chi connectivity index (χ2v) is 6.10. The summed E-state index contributed by atoms with van der Waals surface area (Å²) in [6, 6.07) is 10.9. The third-order valence-corrected chi connectivity index (χ3v) is 3.96. The number of halogens is 2. The van der Waals surface area contributed by atoms with E-state index in [9.17, 15) is 0 Å². The van der Waals surface area contributed by atoms with Crippen molar-refractivity contribution in [2.45, 2.75) is 6.61 Å². The van der Waals surface area contributed by atoms with E-state index in [1.807, 2.05) is 24.3 Å². The molecule has 0 bridgehead atoms. The predicted octanol–water partition coefficient (Wildman–Crippen LogP) is 3.34. The third-order valence-electron chi connectivity index (χ3n) is 2.50. The highest BCUT2D eigenvalue weighted by atomic mass is 35.5. The molecule has 0 radical (unpaired) electrons. The minimum absolute atomic E-state index is 0.350. The Kier molecular flexibility index (Phi) is 3.86. The lowest BCUT2D eigenvalue weighted by Crippen LogP contribution is -2.13. The molecule has 0 saturated heterocycles. The zero-order chi connectivity index (χ0) is 13.9. The summed E-state index contributed by atoms with van der Waals surface area (Å²) in [6.45, 7) is 0.350. The zero-order valence-corrected chi connectivity index (χ0v) is 12.4. The van der Waals surface area contributed by atoms with Gasteiger partial charge in [-0.3, -0.25) is 0 Å². The lowest BCUT2D eigenvalue weighted by atomic mass is 10.2. The standard InChI is InChI=1S/C12H8Cl2N4OS/c13-9-3-1-8(2-4-9)12-15-16-17-18(12)19-7-10-5-6-11(14)20-10/h1-6H,7H2. The van der Waals surface area contributed by atoms with E-state index in [0.717, 1.165) is 14.8 Å². The van der Waals surface area contributed by atoms with Gasteiger partial charge in [-0.1, -0.05) is 28.0 Å². The fraction of sp³-hybridized carbons (Fsp3) is 0.0833. The molecule has 102 valence electrons. The van der Waals surface area contributed by atoms with Crippen LogP contribution in [0.2, 0.25) is 9.36 Å². The Labute approximate surface area is 128 Å². The van der Waals surface area contributed by atoms with E-state index in [4.69, 9.17) is 28.0 Å². The van der Waals surface area contributed by atoms with E-state index in [-0.39, 0.29) is 0 Å². The van der Waals surface area contributed by atoms with E-state index in [0.29, 0.717) is 17.5 Å². The zero-order valence-electron chi connectivity index (χ0n) is 10.0. The Hall–Kier alpha value is -1.63. The molecule has 3 aromatic rings. The van der Waals surface area contributed by atoms with Crippen molar-refractivity contribution in [3.8, 4) is 11.4 Å². The van der Waals surface area contributed by atoms with Crippen molar-refractivity contribution >= 4 is 34.5 Å². The highest BCUT2D eigenvalue weighted by molar-refractivity contribution is 7.16. The van der Waals surface area contributed by atoms with E-state index >= 15 is 0 Å². The highest BCUT2D eigenvalue weighted by Crippen LogP contribution is 2.22. The number of hydrogen-bond donors (Lipinski definition) is 0.